The number of halogens is 2. The van der Waals surface area contributed by atoms with Gasteiger partial charge in [-0.05, 0) is 30.4 Å². The number of hydrogen-bond acceptors (Lipinski definition) is 4. The second kappa shape index (κ2) is 5.17. The van der Waals surface area contributed by atoms with Crippen LogP contribution >= 0.6 is 24.8 Å². The molecule has 4 nitrogen and oxygen atoms in total. The van der Waals surface area contributed by atoms with E-state index >= 15 is 0 Å². The summed E-state index contributed by atoms with van der Waals surface area (Å²) in [6.45, 7) is 3.11. The molecule has 2 N–H and O–H groups in total. The van der Waals surface area contributed by atoms with Crippen LogP contribution in [0.2, 0.25) is 0 Å². The standard InChI is InChI=1S/C10H14N4.2ClH/c11-3-7-8-4-14(5-9(7)8)10-1-2-12-6-13-10;;/h1-2,6-9H,3-5,11H2;2*1H/t7?,8-,9+;;. The summed E-state index contributed by atoms with van der Waals surface area (Å²) in [4.78, 5) is 10.5. The topological polar surface area (TPSA) is 55.0 Å². The number of aromatic nitrogens is 2. The fourth-order valence-corrected chi connectivity index (χ4v) is 2.66. The molecular formula is C10H16Cl2N4. The fraction of sp³-hybridized carbons (Fsp3) is 0.600. The van der Waals surface area contributed by atoms with Gasteiger partial charge >= 0.3 is 0 Å². The third-order valence-electron chi connectivity index (χ3n) is 3.53. The molecule has 1 saturated carbocycles. The Bertz CT molecular complexity index is 323. The monoisotopic (exact) mass is 262 g/mol. The summed E-state index contributed by atoms with van der Waals surface area (Å²) in [5.41, 5.74) is 5.66. The number of fused-ring (bicyclic) bond motifs is 1. The molecule has 2 aliphatic rings. The third kappa shape index (κ3) is 2.10. The number of piperidine rings is 1. The molecule has 1 aromatic heterocycles. The van der Waals surface area contributed by atoms with Crippen LogP contribution in [0.25, 0.3) is 0 Å². The van der Waals surface area contributed by atoms with Crippen LogP contribution in [0.1, 0.15) is 0 Å². The van der Waals surface area contributed by atoms with Gasteiger partial charge < -0.3 is 10.6 Å². The molecule has 3 atom stereocenters. The zero-order valence-electron chi connectivity index (χ0n) is 8.82. The average molecular weight is 263 g/mol. The highest BCUT2D eigenvalue weighted by Gasteiger charge is 2.54. The molecule has 1 unspecified atom stereocenters. The van der Waals surface area contributed by atoms with Crippen LogP contribution in [0.15, 0.2) is 18.6 Å². The van der Waals surface area contributed by atoms with Gasteiger partial charge in [0.25, 0.3) is 0 Å². The Balaban J connectivity index is 0.000000640. The largest absolute Gasteiger partial charge is 0.356 e. The number of nitrogens with two attached hydrogens (primary N) is 1. The van der Waals surface area contributed by atoms with E-state index in [0.29, 0.717) is 0 Å². The molecule has 16 heavy (non-hydrogen) atoms. The van der Waals surface area contributed by atoms with Gasteiger partial charge in [0.05, 0.1) is 0 Å². The quantitative estimate of drug-likeness (QED) is 0.863. The number of nitrogens with zero attached hydrogens (tertiary/aromatic N) is 3. The van der Waals surface area contributed by atoms with E-state index in [2.05, 4.69) is 14.9 Å². The van der Waals surface area contributed by atoms with Gasteiger partial charge in [-0.2, -0.15) is 0 Å². The molecule has 3 rings (SSSR count). The maximum absolute atomic E-state index is 5.66. The summed E-state index contributed by atoms with van der Waals surface area (Å²) in [7, 11) is 0. The van der Waals surface area contributed by atoms with Crippen molar-refractivity contribution >= 4 is 30.6 Å². The zero-order chi connectivity index (χ0) is 9.54. The van der Waals surface area contributed by atoms with Gasteiger partial charge in [-0.1, -0.05) is 0 Å². The van der Waals surface area contributed by atoms with Gasteiger partial charge in [-0.15, -0.1) is 24.8 Å². The summed E-state index contributed by atoms with van der Waals surface area (Å²) in [6.07, 6.45) is 3.41. The van der Waals surface area contributed by atoms with Crippen molar-refractivity contribution in [3.8, 4) is 0 Å². The predicted octanol–water partition coefficient (Wildman–Crippen LogP) is 0.961. The van der Waals surface area contributed by atoms with E-state index in [-0.39, 0.29) is 24.8 Å². The Labute approximate surface area is 107 Å². The number of rotatable bonds is 2. The van der Waals surface area contributed by atoms with Crippen LogP contribution in [0.3, 0.4) is 0 Å². The molecule has 0 aromatic carbocycles. The minimum atomic E-state index is 0. The van der Waals surface area contributed by atoms with Crippen molar-refractivity contribution in [3.05, 3.63) is 18.6 Å². The smallest absolute Gasteiger partial charge is 0.131 e. The van der Waals surface area contributed by atoms with E-state index in [1.54, 1.807) is 12.5 Å². The van der Waals surface area contributed by atoms with Gasteiger partial charge in [0.2, 0.25) is 0 Å². The number of hydrogen-bond donors (Lipinski definition) is 1. The molecule has 1 aromatic rings. The Morgan fingerprint density at radius 3 is 2.50 bits per heavy atom. The lowest BCUT2D eigenvalue weighted by Gasteiger charge is -2.19. The molecular weight excluding hydrogens is 247 g/mol. The summed E-state index contributed by atoms with van der Waals surface area (Å²) >= 11 is 0. The van der Waals surface area contributed by atoms with Crippen LogP contribution in [0.5, 0.6) is 0 Å². The Morgan fingerprint density at radius 2 is 2.00 bits per heavy atom. The maximum Gasteiger partial charge on any atom is 0.131 e. The second-order valence-electron chi connectivity index (χ2n) is 4.20. The van der Waals surface area contributed by atoms with Crippen LogP contribution < -0.4 is 10.6 Å². The van der Waals surface area contributed by atoms with Gasteiger partial charge in [0, 0.05) is 19.3 Å². The highest BCUT2D eigenvalue weighted by molar-refractivity contribution is 5.85. The summed E-state index contributed by atoms with van der Waals surface area (Å²) in [5, 5.41) is 0. The first-order valence-corrected chi connectivity index (χ1v) is 5.11. The molecule has 0 amide bonds. The van der Waals surface area contributed by atoms with E-state index in [9.17, 15) is 0 Å². The minimum absolute atomic E-state index is 0. The molecule has 2 heterocycles. The summed E-state index contributed by atoms with van der Waals surface area (Å²) in [6, 6.07) is 1.97. The lowest BCUT2D eigenvalue weighted by atomic mass is 10.2. The molecule has 2 fully saturated rings. The van der Waals surface area contributed by atoms with Crippen LogP contribution in [0.4, 0.5) is 5.82 Å². The van der Waals surface area contributed by atoms with Crippen molar-refractivity contribution in [3.63, 3.8) is 0 Å². The van der Waals surface area contributed by atoms with Crippen LogP contribution in [-0.2, 0) is 0 Å². The van der Waals surface area contributed by atoms with E-state index in [1.165, 1.54) is 0 Å². The molecule has 1 aliphatic heterocycles. The van der Waals surface area contributed by atoms with Crippen molar-refractivity contribution in [2.75, 3.05) is 24.5 Å². The van der Waals surface area contributed by atoms with Gasteiger partial charge in [0.15, 0.2) is 0 Å². The molecule has 0 radical (unpaired) electrons. The van der Waals surface area contributed by atoms with Crippen LogP contribution in [0, 0.1) is 17.8 Å². The predicted molar refractivity (Wildman–Crippen MR) is 68.3 cm³/mol. The Hall–Kier alpha value is -0.580. The average Bonchev–Trinajstić information content (AvgIpc) is 2.72. The normalized spacial score (nSPS) is 30.1. The molecule has 0 spiro atoms. The molecule has 0 bridgehead atoms. The second-order valence-corrected chi connectivity index (χ2v) is 4.20. The third-order valence-corrected chi connectivity index (χ3v) is 3.53. The highest BCUT2D eigenvalue weighted by Crippen LogP contribution is 2.51. The summed E-state index contributed by atoms with van der Waals surface area (Å²) < 4.78 is 0. The molecule has 6 heteroatoms. The summed E-state index contributed by atoms with van der Waals surface area (Å²) in [5.74, 6) is 3.50. The molecule has 1 aliphatic carbocycles. The lowest BCUT2D eigenvalue weighted by molar-refractivity contribution is 0.643. The lowest BCUT2D eigenvalue weighted by Crippen LogP contribution is -2.26. The minimum Gasteiger partial charge on any atom is -0.356 e. The van der Waals surface area contributed by atoms with Crippen molar-refractivity contribution in [2.24, 2.45) is 23.5 Å². The first-order valence-electron chi connectivity index (χ1n) is 5.11. The SMILES string of the molecule is Cl.Cl.NCC1[C@H]2CN(c3ccncn3)C[C@@H]12. The highest BCUT2D eigenvalue weighted by atomic mass is 35.5. The van der Waals surface area contributed by atoms with E-state index in [4.69, 9.17) is 5.73 Å². The Morgan fingerprint density at radius 1 is 1.31 bits per heavy atom. The zero-order valence-corrected chi connectivity index (χ0v) is 10.5. The first kappa shape index (κ1) is 13.5. The van der Waals surface area contributed by atoms with E-state index in [0.717, 1.165) is 43.2 Å². The van der Waals surface area contributed by atoms with Gasteiger partial charge in [-0.3, -0.25) is 0 Å². The van der Waals surface area contributed by atoms with Crippen LogP contribution in [-0.4, -0.2) is 29.6 Å². The van der Waals surface area contributed by atoms with Gasteiger partial charge in [-0.25, -0.2) is 9.97 Å². The Kier molecular flexibility index (Phi) is 4.35. The van der Waals surface area contributed by atoms with Crippen molar-refractivity contribution < 1.29 is 0 Å². The van der Waals surface area contributed by atoms with E-state index in [1.807, 2.05) is 6.07 Å². The molecule has 90 valence electrons. The van der Waals surface area contributed by atoms with Crippen molar-refractivity contribution in [1.82, 2.24) is 9.97 Å². The van der Waals surface area contributed by atoms with E-state index < -0.39 is 0 Å². The fourth-order valence-electron chi connectivity index (χ4n) is 2.66. The van der Waals surface area contributed by atoms with Gasteiger partial charge in [0.1, 0.15) is 12.1 Å². The van der Waals surface area contributed by atoms with Crippen molar-refractivity contribution in [2.45, 2.75) is 0 Å². The first-order chi connectivity index (χ1) is 6.90. The number of anilines is 1. The maximum atomic E-state index is 5.66. The van der Waals surface area contributed by atoms with Crippen molar-refractivity contribution in [1.29, 1.82) is 0 Å². The molecule has 1 saturated heterocycles.